The number of rotatable bonds is 5. The van der Waals surface area contributed by atoms with Crippen LogP contribution in [0.2, 0.25) is 5.02 Å². The first-order valence-corrected chi connectivity index (χ1v) is 4.97. The van der Waals surface area contributed by atoms with Gasteiger partial charge in [-0.2, -0.15) is 8.78 Å². The average Bonchev–Trinajstić information content (AvgIpc) is 2.21. The molecule has 0 saturated heterocycles. The maximum absolute atomic E-state index is 12.2. The molecule has 0 spiro atoms. The quantitative estimate of drug-likeness (QED) is 0.876. The van der Waals surface area contributed by atoms with Gasteiger partial charge < -0.3 is 14.6 Å². The SMILES string of the molecule is CCOc1cc(Cl)cc(CO)c1OC(F)F. The molecule has 1 N–H and O–H groups in total. The minimum absolute atomic E-state index is 0.0966. The van der Waals surface area contributed by atoms with Gasteiger partial charge in [0.05, 0.1) is 13.2 Å². The summed E-state index contributed by atoms with van der Waals surface area (Å²) in [7, 11) is 0. The minimum atomic E-state index is -2.98. The Bertz CT molecular complexity index is 358. The number of aliphatic hydroxyl groups excluding tert-OH is 1. The maximum atomic E-state index is 12.2. The molecule has 0 saturated carbocycles. The topological polar surface area (TPSA) is 38.7 Å². The van der Waals surface area contributed by atoms with Crippen molar-refractivity contribution in [1.29, 1.82) is 0 Å². The van der Waals surface area contributed by atoms with Gasteiger partial charge in [-0.1, -0.05) is 11.6 Å². The number of hydrogen-bond acceptors (Lipinski definition) is 3. The summed E-state index contributed by atoms with van der Waals surface area (Å²) in [5.41, 5.74) is 0.163. The van der Waals surface area contributed by atoms with E-state index in [1.165, 1.54) is 12.1 Å². The third-order valence-corrected chi connectivity index (χ3v) is 1.99. The van der Waals surface area contributed by atoms with Crippen molar-refractivity contribution in [2.24, 2.45) is 0 Å². The lowest BCUT2D eigenvalue weighted by Gasteiger charge is -2.14. The molecule has 0 aliphatic heterocycles. The van der Waals surface area contributed by atoms with E-state index in [0.29, 0.717) is 0 Å². The van der Waals surface area contributed by atoms with Crippen LogP contribution >= 0.6 is 11.6 Å². The fourth-order valence-corrected chi connectivity index (χ4v) is 1.46. The van der Waals surface area contributed by atoms with Crippen molar-refractivity contribution in [3.63, 3.8) is 0 Å². The highest BCUT2D eigenvalue weighted by Crippen LogP contribution is 2.36. The number of aliphatic hydroxyl groups is 1. The molecule has 1 aromatic carbocycles. The van der Waals surface area contributed by atoms with Crippen molar-refractivity contribution in [3.05, 3.63) is 22.7 Å². The molecule has 6 heteroatoms. The predicted molar refractivity (Wildman–Crippen MR) is 55.2 cm³/mol. The van der Waals surface area contributed by atoms with Gasteiger partial charge in [0.2, 0.25) is 0 Å². The normalized spacial score (nSPS) is 10.6. The number of ether oxygens (including phenoxy) is 2. The van der Waals surface area contributed by atoms with Crippen LogP contribution in [-0.4, -0.2) is 18.3 Å². The van der Waals surface area contributed by atoms with Crippen LogP contribution in [0.15, 0.2) is 12.1 Å². The summed E-state index contributed by atoms with van der Waals surface area (Å²) in [6.07, 6.45) is 0. The zero-order valence-corrected chi connectivity index (χ0v) is 9.30. The Morgan fingerprint density at radius 2 is 2.12 bits per heavy atom. The Kier molecular flexibility index (Phi) is 4.76. The van der Waals surface area contributed by atoms with Gasteiger partial charge in [-0.3, -0.25) is 0 Å². The molecule has 0 aliphatic rings. The molecule has 0 fully saturated rings. The highest BCUT2D eigenvalue weighted by Gasteiger charge is 2.16. The predicted octanol–water partition coefficient (Wildman–Crippen LogP) is 2.83. The molecular formula is C10H11ClF2O3. The van der Waals surface area contributed by atoms with Crippen LogP contribution in [0, 0.1) is 0 Å². The zero-order chi connectivity index (χ0) is 12.1. The van der Waals surface area contributed by atoms with Crippen molar-refractivity contribution in [2.45, 2.75) is 20.1 Å². The Labute approximate surface area is 96.5 Å². The Hall–Kier alpha value is -1.07. The first-order chi connectivity index (χ1) is 7.58. The van der Waals surface area contributed by atoms with E-state index in [-0.39, 0.29) is 28.7 Å². The molecule has 0 unspecified atom stereocenters. The van der Waals surface area contributed by atoms with Gasteiger partial charge in [0.1, 0.15) is 0 Å². The van der Waals surface area contributed by atoms with E-state index in [4.69, 9.17) is 21.4 Å². The first kappa shape index (κ1) is 13.0. The first-order valence-electron chi connectivity index (χ1n) is 4.59. The number of hydrogen-bond donors (Lipinski definition) is 1. The van der Waals surface area contributed by atoms with Gasteiger partial charge in [0, 0.05) is 16.7 Å². The van der Waals surface area contributed by atoms with Gasteiger partial charge in [0.25, 0.3) is 0 Å². The van der Waals surface area contributed by atoms with Crippen molar-refractivity contribution >= 4 is 11.6 Å². The Balaban J connectivity index is 3.15. The van der Waals surface area contributed by atoms with Crippen LogP contribution < -0.4 is 9.47 Å². The second kappa shape index (κ2) is 5.86. The summed E-state index contributed by atoms with van der Waals surface area (Å²) in [6.45, 7) is -1.45. The Morgan fingerprint density at radius 1 is 1.44 bits per heavy atom. The largest absolute Gasteiger partial charge is 0.490 e. The molecule has 1 rings (SSSR count). The van der Waals surface area contributed by atoms with E-state index in [1.54, 1.807) is 6.92 Å². The second-order valence-corrected chi connectivity index (χ2v) is 3.30. The van der Waals surface area contributed by atoms with E-state index < -0.39 is 13.2 Å². The highest BCUT2D eigenvalue weighted by molar-refractivity contribution is 6.30. The summed E-state index contributed by atoms with van der Waals surface area (Å²) in [4.78, 5) is 0. The summed E-state index contributed by atoms with van der Waals surface area (Å²) >= 11 is 5.74. The molecule has 16 heavy (non-hydrogen) atoms. The van der Waals surface area contributed by atoms with Crippen molar-refractivity contribution in [3.8, 4) is 11.5 Å². The molecule has 0 bridgehead atoms. The molecular weight excluding hydrogens is 242 g/mol. The fraction of sp³-hybridized carbons (Fsp3) is 0.400. The summed E-state index contributed by atoms with van der Waals surface area (Å²) in [6, 6.07) is 2.71. The van der Waals surface area contributed by atoms with Crippen LogP contribution in [-0.2, 0) is 6.61 Å². The molecule has 0 aromatic heterocycles. The molecule has 1 aromatic rings. The molecule has 0 atom stereocenters. The summed E-state index contributed by atoms with van der Waals surface area (Å²) in [5.74, 6) is -0.0805. The van der Waals surface area contributed by atoms with Crippen LogP contribution in [0.1, 0.15) is 12.5 Å². The molecule has 0 radical (unpaired) electrons. The van der Waals surface area contributed by atoms with E-state index in [0.717, 1.165) is 0 Å². The molecule has 3 nitrogen and oxygen atoms in total. The minimum Gasteiger partial charge on any atom is -0.490 e. The smallest absolute Gasteiger partial charge is 0.387 e. The summed E-state index contributed by atoms with van der Waals surface area (Å²) in [5, 5.41) is 9.30. The Morgan fingerprint density at radius 3 is 2.62 bits per heavy atom. The van der Waals surface area contributed by atoms with Crippen molar-refractivity contribution < 1.29 is 23.4 Å². The van der Waals surface area contributed by atoms with Gasteiger partial charge in [-0.25, -0.2) is 0 Å². The number of halogens is 3. The van der Waals surface area contributed by atoms with Crippen LogP contribution in [0.25, 0.3) is 0 Å². The molecule has 0 aliphatic carbocycles. The molecule has 0 heterocycles. The van der Waals surface area contributed by atoms with E-state index >= 15 is 0 Å². The number of alkyl halides is 2. The third-order valence-electron chi connectivity index (χ3n) is 1.77. The second-order valence-electron chi connectivity index (χ2n) is 2.86. The van der Waals surface area contributed by atoms with E-state index in [2.05, 4.69) is 4.74 Å². The van der Waals surface area contributed by atoms with Crippen molar-refractivity contribution in [1.82, 2.24) is 0 Å². The lowest BCUT2D eigenvalue weighted by Crippen LogP contribution is -2.07. The molecule has 0 amide bonds. The van der Waals surface area contributed by atoms with Gasteiger partial charge in [0.15, 0.2) is 11.5 Å². The highest BCUT2D eigenvalue weighted by atomic mass is 35.5. The summed E-state index contributed by atoms with van der Waals surface area (Å²) < 4.78 is 33.7. The van der Waals surface area contributed by atoms with Crippen molar-refractivity contribution in [2.75, 3.05) is 6.61 Å². The van der Waals surface area contributed by atoms with E-state index in [9.17, 15) is 8.78 Å². The zero-order valence-electron chi connectivity index (χ0n) is 8.54. The number of benzene rings is 1. The standard InChI is InChI=1S/C10H11ClF2O3/c1-2-15-8-4-7(11)3-6(5-14)9(8)16-10(12)13/h3-4,10,14H,2,5H2,1H3. The van der Waals surface area contributed by atoms with Crippen LogP contribution in [0.5, 0.6) is 11.5 Å². The van der Waals surface area contributed by atoms with E-state index in [1.807, 2.05) is 0 Å². The van der Waals surface area contributed by atoms with Crippen LogP contribution in [0.3, 0.4) is 0 Å². The lowest BCUT2D eigenvalue weighted by atomic mass is 10.2. The van der Waals surface area contributed by atoms with Gasteiger partial charge in [-0.05, 0) is 13.0 Å². The van der Waals surface area contributed by atoms with Gasteiger partial charge >= 0.3 is 6.61 Å². The average molecular weight is 253 g/mol. The molecule has 90 valence electrons. The monoisotopic (exact) mass is 252 g/mol. The van der Waals surface area contributed by atoms with Gasteiger partial charge in [-0.15, -0.1) is 0 Å². The van der Waals surface area contributed by atoms with Crippen LogP contribution in [0.4, 0.5) is 8.78 Å². The fourth-order valence-electron chi connectivity index (χ4n) is 1.23. The lowest BCUT2D eigenvalue weighted by molar-refractivity contribution is -0.0525. The third kappa shape index (κ3) is 3.21. The maximum Gasteiger partial charge on any atom is 0.387 e.